The Morgan fingerprint density at radius 1 is 1.41 bits per heavy atom. The molecule has 4 heteroatoms. The van der Waals surface area contributed by atoms with E-state index in [2.05, 4.69) is 6.92 Å². The number of nitrogens with zero attached hydrogens (tertiary/aromatic N) is 1. The lowest BCUT2D eigenvalue weighted by Crippen LogP contribution is -2.37. The quantitative estimate of drug-likeness (QED) is 0.839. The zero-order chi connectivity index (χ0) is 13.0. The summed E-state index contributed by atoms with van der Waals surface area (Å²) in [5.74, 6) is -0.0175. The largest absolute Gasteiger partial charge is 0.399 e. The van der Waals surface area contributed by atoms with Crippen LogP contribution in [0.15, 0.2) is 18.2 Å². The lowest BCUT2D eigenvalue weighted by atomic mass is 10.1. The molecule has 0 unspecified atom stereocenters. The third-order valence-corrected chi connectivity index (χ3v) is 2.73. The second-order valence-corrected chi connectivity index (χ2v) is 4.80. The lowest BCUT2D eigenvalue weighted by Gasteiger charge is -2.26. The van der Waals surface area contributed by atoms with Crippen LogP contribution < -0.4 is 5.73 Å². The molecule has 2 N–H and O–H groups in total. The molecular weight excluding hydrogens is 236 g/mol. The van der Waals surface area contributed by atoms with E-state index in [1.807, 2.05) is 18.7 Å². The van der Waals surface area contributed by atoms with Crippen molar-refractivity contribution in [2.45, 2.75) is 33.2 Å². The van der Waals surface area contributed by atoms with Gasteiger partial charge in [0, 0.05) is 28.9 Å². The molecule has 0 saturated carbocycles. The summed E-state index contributed by atoms with van der Waals surface area (Å²) in [5, 5.41) is 0.494. The van der Waals surface area contributed by atoms with Gasteiger partial charge in [-0.2, -0.15) is 0 Å². The topological polar surface area (TPSA) is 46.3 Å². The van der Waals surface area contributed by atoms with E-state index in [0.29, 0.717) is 16.3 Å². The zero-order valence-electron chi connectivity index (χ0n) is 10.5. The van der Waals surface area contributed by atoms with Crippen molar-refractivity contribution in [1.82, 2.24) is 4.90 Å². The third-order valence-electron chi connectivity index (χ3n) is 2.52. The van der Waals surface area contributed by atoms with Crippen molar-refractivity contribution in [3.8, 4) is 0 Å². The maximum atomic E-state index is 12.3. The molecule has 1 rings (SSSR count). The van der Waals surface area contributed by atoms with Crippen LogP contribution in [0.1, 0.15) is 37.6 Å². The van der Waals surface area contributed by atoms with Crippen molar-refractivity contribution in [3.63, 3.8) is 0 Å². The summed E-state index contributed by atoms with van der Waals surface area (Å²) in [5.41, 5.74) is 6.76. The highest BCUT2D eigenvalue weighted by atomic mass is 35.5. The molecule has 1 amide bonds. The van der Waals surface area contributed by atoms with Crippen LogP contribution in [0.2, 0.25) is 5.02 Å². The summed E-state index contributed by atoms with van der Waals surface area (Å²) in [6.45, 7) is 6.79. The van der Waals surface area contributed by atoms with Gasteiger partial charge in [0.2, 0.25) is 0 Å². The molecule has 0 aliphatic carbocycles. The fourth-order valence-corrected chi connectivity index (χ4v) is 1.98. The van der Waals surface area contributed by atoms with Crippen LogP contribution >= 0.6 is 11.6 Å². The first-order valence-electron chi connectivity index (χ1n) is 5.82. The molecule has 0 bridgehead atoms. The number of amides is 1. The molecule has 3 nitrogen and oxygen atoms in total. The zero-order valence-corrected chi connectivity index (χ0v) is 11.3. The molecule has 1 aromatic rings. The number of nitrogens with two attached hydrogens (primary N) is 1. The summed E-state index contributed by atoms with van der Waals surface area (Å²) >= 11 is 5.90. The first kappa shape index (κ1) is 13.8. The Hall–Kier alpha value is -1.22. The molecule has 1 aromatic carbocycles. The normalized spacial score (nSPS) is 10.6. The summed E-state index contributed by atoms with van der Waals surface area (Å²) in [6.07, 6.45) is 0.931. The van der Waals surface area contributed by atoms with Gasteiger partial charge in [0.05, 0.1) is 0 Å². The van der Waals surface area contributed by atoms with Gasteiger partial charge in [0.15, 0.2) is 0 Å². The van der Waals surface area contributed by atoms with E-state index >= 15 is 0 Å². The van der Waals surface area contributed by atoms with Crippen LogP contribution in [-0.4, -0.2) is 23.4 Å². The van der Waals surface area contributed by atoms with Crippen molar-refractivity contribution in [3.05, 3.63) is 28.8 Å². The Morgan fingerprint density at radius 3 is 2.53 bits per heavy atom. The summed E-state index contributed by atoms with van der Waals surface area (Å²) < 4.78 is 0. The van der Waals surface area contributed by atoms with Crippen LogP contribution in [0.25, 0.3) is 0 Å². The van der Waals surface area contributed by atoms with Crippen molar-refractivity contribution in [2.75, 3.05) is 12.3 Å². The number of rotatable bonds is 4. The van der Waals surface area contributed by atoms with E-state index in [-0.39, 0.29) is 11.9 Å². The second-order valence-electron chi connectivity index (χ2n) is 4.37. The van der Waals surface area contributed by atoms with Gasteiger partial charge in [-0.25, -0.2) is 0 Å². The molecule has 0 spiro atoms. The predicted molar refractivity (Wildman–Crippen MR) is 72.3 cm³/mol. The van der Waals surface area contributed by atoms with Gasteiger partial charge in [-0.15, -0.1) is 0 Å². The number of carbonyl (C=O) groups is 1. The van der Waals surface area contributed by atoms with Gasteiger partial charge in [0.1, 0.15) is 0 Å². The van der Waals surface area contributed by atoms with E-state index in [1.54, 1.807) is 18.2 Å². The van der Waals surface area contributed by atoms with Gasteiger partial charge in [-0.1, -0.05) is 18.5 Å². The Morgan fingerprint density at radius 2 is 2.06 bits per heavy atom. The molecule has 94 valence electrons. The highest BCUT2D eigenvalue weighted by Gasteiger charge is 2.18. The van der Waals surface area contributed by atoms with E-state index in [4.69, 9.17) is 17.3 Å². The molecule has 0 saturated heterocycles. The molecule has 0 aliphatic rings. The van der Waals surface area contributed by atoms with Crippen LogP contribution in [0.4, 0.5) is 5.69 Å². The molecule has 0 atom stereocenters. The number of benzene rings is 1. The van der Waals surface area contributed by atoms with Crippen molar-refractivity contribution < 1.29 is 4.79 Å². The summed E-state index contributed by atoms with van der Waals surface area (Å²) in [6, 6.07) is 5.13. The summed E-state index contributed by atoms with van der Waals surface area (Å²) in [4.78, 5) is 14.1. The third kappa shape index (κ3) is 3.63. The monoisotopic (exact) mass is 254 g/mol. The first-order valence-corrected chi connectivity index (χ1v) is 6.20. The van der Waals surface area contributed by atoms with Gasteiger partial charge in [-0.3, -0.25) is 4.79 Å². The van der Waals surface area contributed by atoms with Gasteiger partial charge in [0.25, 0.3) is 5.91 Å². The van der Waals surface area contributed by atoms with Crippen molar-refractivity contribution in [1.29, 1.82) is 0 Å². The molecular formula is C13H19ClN2O. The van der Waals surface area contributed by atoms with E-state index in [1.165, 1.54) is 0 Å². The predicted octanol–water partition coefficient (Wildman–Crippen LogP) is 3.18. The molecule has 0 radical (unpaired) electrons. The lowest BCUT2D eigenvalue weighted by molar-refractivity contribution is 0.0706. The van der Waals surface area contributed by atoms with Crippen molar-refractivity contribution >= 4 is 23.2 Å². The van der Waals surface area contributed by atoms with Crippen LogP contribution in [0.5, 0.6) is 0 Å². The number of nitrogen functional groups attached to an aromatic ring is 1. The highest BCUT2D eigenvalue weighted by molar-refractivity contribution is 6.31. The average Bonchev–Trinajstić information content (AvgIpc) is 2.23. The number of anilines is 1. The number of halogens is 1. The molecule has 0 aromatic heterocycles. The van der Waals surface area contributed by atoms with Gasteiger partial charge in [-0.05, 0) is 38.5 Å². The molecule has 0 heterocycles. The van der Waals surface area contributed by atoms with E-state index < -0.39 is 0 Å². The molecule has 0 fully saturated rings. The number of hydrogen-bond donors (Lipinski definition) is 1. The van der Waals surface area contributed by atoms with Crippen molar-refractivity contribution in [2.24, 2.45) is 0 Å². The maximum Gasteiger partial charge on any atom is 0.254 e. The SMILES string of the molecule is CCCN(C(=O)c1cc(N)cc(Cl)c1)C(C)C. The Labute approximate surface area is 108 Å². The highest BCUT2D eigenvalue weighted by Crippen LogP contribution is 2.19. The minimum Gasteiger partial charge on any atom is -0.399 e. The Balaban J connectivity index is 3.00. The van der Waals surface area contributed by atoms with Gasteiger partial charge >= 0.3 is 0 Å². The fraction of sp³-hybridized carbons (Fsp3) is 0.462. The smallest absolute Gasteiger partial charge is 0.254 e. The van der Waals surface area contributed by atoms with Crippen LogP contribution in [-0.2, 0) is 0 Å². The standard InChI is InChI=1S/C13H19ClN2O/c1-4-5-16(9(2)3)13(17)10-6-11(14)8-12(15)7-10/h6-9H,4-5,15H2,1-3H3. The molecule has 0 aliphatic heterocycles. The Kier molecular flexibility index (Phi) is 4.82. The second kappa shape index (κ2) is 5.92. The van der Waals surface area contributed by atoms with E-state index in [0.717, 1.165) is 13.0 Å². The van der Waals surface area contributed by atoms with Crippen LogP contribution in [0, 0.1) is 0 Å². The first-order chi connectivity index (χ1) is 7.95. The number of hydrogen-bond acceptors (Lipinski definition) is 2. The maximum absolute atomic E-state index is 12.3. The average molecular weight is 255 g/mol. The molecule has 17 heavy (non-hydrogen) atoms. The number of carbonyl (C=O) groups excluding carboxylic acids is 1. The summed E-state index contributed by atoms with van der Waals surface area (Å²) in [7, 11) is 0. The Bertz CT molecular complexity index is 384. The fourth-order valence-electron chi connectivity index (χ4n) is 1.74. The minimum atomic E-state index is -0.0175. The van der Waals surface area contributed by atoms with Crippen LogP contribution in [0.3, 0.4) is 0 Å². The van der Waals surface area contributed by atoms with Gasteiger partial charge < -0.3 is 10.6 Å². The van der Waals surface area contributed by atoms with E-state index in [9.17, 15) is 4.79 Å². The minimum absolute atomic E-state index is 0.0175.